The molecule has 2 fully saturated rings. The minimum absolute atomic E-state index is 0.0000862. The molecule has 2 saturated heterocycles. The summed E-state index contributed by atoms with van der Waals surface area (Å²) in [6.07, 6.45) is 6.64. The van der Waals surface area contributed by atoms with Crippen LogP contribution in [0.2, 0.25) is 0 Å². The van der Waals surface area contributed by atoms with Crippen molar-refractivity contribution in [2.45, 2.75) is 37.9 Å². The molecule has 152 valence electrons. The Morgan fingerprint density at radius 2 is 1.90 bits per heavy atom. The van der Waals surface area contributed by atoms with Gasteiger partial charge in [0.2, 0.25) is 0 Å². The molecule has 0 radical (unpaired) electrons. The summed E-state index contributed by atoms with van der Waals surface area (Å²) >= 11 is 0. The second kappa shape index (κ2) is 8.61. The number of fused-ring (bicyclic) bond motifs is 2. The maximum absolute atomic E-state index is 12.6. The number of amides is 3. The van der Waals surface area contributed by atoms with Crippen molar-refractivity contribution >= 4 is 17.6 Å². The van der Waals surface area contributed by atoms with Gasteiger partial charge in [0.1, 0.15) is 0 Å². The van der Waals surface area contributed by atoms with Gasteiger partial charge in [-0.25, -0.2) is 4.79 Å². The molecule has 29 heavy (non-hydrogen) atoms. The number of hydrogen-bond acceptors (Lipinski definition) is 4. The molecule has 2 aliphatic heterocycles. The fraction of sp³-hybridized carbons (Fsp3) is 0.409. The van der Waals surface area contributed by atoms with Gasteiger partial charge in [0.15, 0.2) is 0 Å². The van der Waals surface area contributed by atoms with E-state index in [1.54, 1.807) is 18.3 Å². The molecule has 2 unspecified atom stereocenters. The molecular formula is C22H27N5O2. The third kappa shape index (κ3) is 4.56. The second-order valence-corrected chi connectivity index (χ2v) is 7.84. The average molecular weight is 393 g/mol. The number of pyridine rings is 1. The van der Waals surface area contributed by atoms with Crippen molar-refractivity contribution in [1.82, 2.24) is 20.1 Å². The molecule has 0 spiro atoms. The highest BCUT2D eigenvalue weighted by Crippen LogP contribution is 2.28. The molecular weight excluding hydrogens is 366 g/mol. The molecule has 2 atom stereocenters. The summed E-state index contributed by atoms with van der Waals surface area (Å²) < 4.78 is 0. The van der Waals surface area contributed by atoms with Gasteiger partial charge in [-0.1, -0.05) is 12.1 Å². The summed E-state index contributed by atoms with van der Waals surface area (Å²) in [5.74, 6) is -0.195. The molecule has 1 aromatic heterocycles. The van der Waals surface area contributed by atoms with Crippen molar-refractivity contribution in [3.8, 4) is 0 Å². The highest BCUT2D eigenvalue weighted by atomic mass is 16.2. The first kappa shape index (κ1) is 19.4. The molecule has 2 aliphatic rings. The first-order valence-corrected chi connectivity index (χ1v) is 10.1. The number of likely N-dealkylation sites (tertiary alicyclic amines) is 1. The molecule has 0 aliphatic carbocycles. The van der Waals surface area contributed by atoms with E-state index in [1.165, 1.54) is 19.0 Å². The summed E-state index contributed by atoms with van der Waals surface area (Å²) in [5.41, 5.74) is 2.22. The zero-order valence-electron chi connectivity index (χ0n) is 16.7. The van der Waals surface area contributed by atoms with Crippen molar-refractivity contribution in [3.05, 3.63) is 59.9 Å². The molecule has 1 aromatic carbocycles. The number of aromatic nitrogens is 1. The van der Waals surface area contributed by atoms with Crippen molar-refractivity contribution in [2.24, 2.45) is 0 Å². The van der Waals surface area contributed by atoms with E-state index < -0.39 is 0 Å². The summed E-state index contributed by atoms with van der Waals surface area (Å²) in [7, 11) is 2.18. The van der Waals surface area contributed by atoms with Gasteiger partial charge in [-0.15, -0.1) is 0 Å². The van der Waals surface area contributed by atoms with Crippen LogP contribution in [0.25, 0.3) is 0 Å². The van der Waals surface area contributed by atoms with Crippen LogP contribution in [0.3, 0.4) is 0 Å². The zero-order valence-corrected chi connectivity index (χ0v) is 16.7. The van der Waals surface area contributed by atoms with Crippen LogP contribution in [-0.4, -0.2) is 58.9 Å². The SMILES string of the molecule is CN1C2CCC1CN(C(=O)NCc1ccc(NC(=O)c3cccnc3)cc1)CC2. The van der Waals surface area contributed by atoms with E-state index >= 15 is 0 Å². The predicted molar refractivity (Wildman–Crippen MR) is 112 cm³/mol. The van der Waals surface area contributed by atoms with Crippen LogP contribution >= 0.6 is 0 Å². The topological polar surface area (TPSA) is 77.6 Å². The standard InChI is InChI=1S/C22H27N5O2/c1-26-19-8-9-20(26)15-27(12-10-19)22(29)24-13-16-4-6-18(7-5-16)25-21(28)17-3-2-11-23-14-17/h2-7,11,14,19-20H,8-10,12-13,15H2,1H3,(H,24,29)(H,25,28). The Kier molecular flexibility index (Phi) is 5.76. The van der Waals surface area contributed by atoms with E-state index in [9.17, 15) is 9.59 Å². The van der Waals surface area contributed by atoms with E-state index in [4.69, 9.17) is 0 Å². The van der Waals surface area contributed by atoms with Gasteiger partial charge in [0.25, 0.3) is 5.91 Å². The van der Waals surface area contributed by atoms with Crippen LogP contribution in [-0.2, 0) is 6.54 Å². The summed E-state index contributed by atoms with van der Waals surface area (Å²) in [5, 5.41) is 5.88. The molecule has 3 amide bonds. The van der Waals surface area contributed by atoms with E-state index in [1.807, 2.05) is 29.2 Å². The van der Waals surface area contributed by atoms with Crippen LogP contribution in [0.1, 0.15) is 35.2 Å². The number of carbonyl (C=O) groups excluding carboxylic acids is 2. The normalized spacial score (nSPS) is 21.5. The number of hydrogen-bond donors (Lipinski definition) is 2. The summed E-state index contributed by atoms with van der Waals surface area (Å²) in [6.45, 7) is 2.09. The zero-order chi connectivity index (χ0) is 20.2. The fourth-order valence-electron chi connectivity index (χ4n) is 4.19. The van der Waals surface area contributed by atoms with Crippen LogP contribution in [0.4, 0.5) is 10.5 Å². The average Bonchev–Trinajstić information content (AvgIpc) is 2.99. The van der Waals surface area contributed by atoms with Gasteiger partial charge in [-0.2, -0.15) is 0 Å². The lowest BCUT2D eigenvalue weighted by Gasteiger charge is -2.26. The molecule has 3 heterocycles. The van der Waals surface area contributed by atoms with Crippen LogP contribution < -0.4 is 10.6 Å². The number of likely N-dealkylation sites (N-methyl/N-ethyl adjacent to an activating group) is 1. The summed E-state index contributed by atoms with van der Waals surface area (Å²) in [6, 6.07) is 12.1. The van der Waals surface area contributed by atoms with Crippen molar-refractivity contribution < 1.29 is 9.59 Å². The Hall–Kier alpha value is -2.93. The van der Waals surface area contributed by atoms with Crippen LogP contribution in [0, 0.1) is 0 Å². The molecule has 2 N–H and O–H groups in total. The van der Waals surface area contributed by atoms with Crippen molar-refractivity contribution in [1.29, 1.82) is 0 Å². The first-order chi connectivity index (χ1) is 14.1. The molecule has 2 bridgehead atoms. The van der Waals surface area contributed by atoms with E-state index in [-0.39, 0.29) is 11.9 Å². The highest BCUT2D eigenvalue weighted by molar-refractivity contribution is 6.04. The van der Waals surface area contributed by atoms with Crippen molar-refractivity contribution in [2.75, 3.05) is 25.5 Å². The number of anilines is 1. The smallest absolute Gasteiger partial charge is 0.317 e. The predicted octanol–water partition coefficient (Wildman–Crippen LogP) is 2.71. The minimum atomic E-state index is -0.195. The number of rotatable bonds is 4. The Labute approximate surface area is 171 Å². The van der Waals surface area contributed by atoms with Gasteiger partial charge in [0, 0.05) is 49.8 Å². The monoisotopic (exact) mass is 393 g/mol. The van der Waals surface area contributed by atoms with Gasteiger partial charge >= 0.3 is 6.03 Å². The molecule has 7 heteroatoms. The Morgan fingerprint density at radius 1 is 1.10 bits per heavy atom. The van der Waals surface area contributed by atoms with Crippen LogP contribution in [0.5, 0.6) is 0 Å². The highest BCUT2D eigenvalue weighted by Gasteiger charge is 2.35. The largest absolute Gasteiger partial charge is 0.334 e. The quantitative estimate of drug-likeness (QED) is 0.837. The van der Waals surface area contributed by atoms with E-state index in [2.05, 4.69) is 27.6 Å². The lowest BCUT2D eigenvalue weighted by atomic mass is 10.1. The second-order valence-electron chi connectivity index (χ2n) is 7.84. The van der Waals surface area contributed by atoms with Gasteiger partial charge in [-0.3, -0.25) is 14.7 Å². The maximum Gasteiger partial charge on any atom is 0.317 e. The molecule has 0 saturated carbocycles. The lowest BCUT2D eigenvalue weighted by Crippen LogP contribution is -2.44. The first-order valence-electron chi connectivity index (χ1n) is 10.1. The minimum Gasteiger partial charge on any atom is -0.334 e. The van der Waals surface area contributed by atoms with E-state index in [0.29, 0.717) is 29.9 Å². The maximum atomic E-state index is 12.6. The van der Waals surface area contributed by atoms with Gasteiger partial charge in [-0.05, 0) is 56.1 Å². The number of urea groups is 1. The molecule has 4 rings (SSSR count). The number of nitrogens with zero attached hydrogens (tertiary/aromatic N) is 3. The third-order valence-corrected chi connectivity index (χ3v) is 6.01. The number of carbonyl (C=O) groups is 2. The van der Waals surface area contributed by atoms with Crippen LogP contribution in [0.15, 0.2) is 48.8 Å². The summed E-state index contributed by atoms with van der Waals surface area (Å²) in [4.78, 5) is 33.1. The van der Waals surface area contributed by atoms with E-state index in [0.717, 1.165) is 25.1 Å². The fourth-order valence-corrected chi connectivity index (χ4v) is 4.19. The Bertz CT molecular complexity index is 855. The molecule has 7 nitrogen and oxygen atoms in total. The van der Waals surface area contributed by atoms with Gasteiger partial charge in [0.05, 0.1) is 5.56 Å². The lowest BCUT2D eigenvalue weighted by molar-refractivity contribution is 0.102. The number of nitrogens with one attached hydrogen (secondary N) is 2. The van der Waals surface area contributed by atoms with Crippen molar-refractivity contribution in [3.63, 3.8) is 0 Å². The Balaban J connectivity index is 1.28. The molecule has 2 aromatic rings. The third-order valence-electron chi connectivity index (χ3n) is 6.01. The number of benzene rings is 1. The van der Waals surface area contributed by atoms with Gasteiger partial charge < -0.3 is 15.5 Å². The Morgan fingerprint density at radius 3 is 2.66 bits per heavy atom.